The van der Waals surface area contributed by atoms with Gasteiger partial charge in [-0.2, -0.15) is 0 Å². The zero-order valence-electron chi connectivity index (χ0n) is 10.4. The van der Waals surface area contributed by atoms with Gasteiger partial charge in [-0.3, -0.25) is 9.59 Å². The number of carbonyl (C=O) groups is 2. The molecule has 0 atom stereocenters. The summed E-state index contributed by atoms with van der Waals surface area (Å²) in [5, 5.41) is 11.3. The van der Waals surface area contributed by atoms with Crippen molar-refractivity contribution in [3.05, 3.63) is 33.7 Å². The average molecular weight is 252 g/mol. The lowest BCUT2D eigenvalue weighted by Gasteiger charge is -2.10. The highest BCUT2D eigenvalue weighted by Gasteiger charge is 2.12. The molecule has 0 saturated carbocycles. The summed E-state index contributed by atoms with van der Waals surface area (Å²) in [4.78, 5) is 33.7. The van der Waals surface area contributed by atoms with E-state index in [2.05, 4.69) is 5.32 Å². The van der Waals surface area contributed by atoms with E-state index in [1.54, 1.807) is 20.0 Å². The number of carboxylic acids is 1. The second-order valence-electron chi connectivity index (χ2n) is 3.93. The SMILES string of the molecule is CNC(=O)CCCn1c(C)ccc(C(=O)O)c1=O. The fourth-order valence-electron chi connectivity index (χ4n) is 1.63. The first kappa shape index (κ1) is 14.0. The number of hydrogen-bond donors (Lipinski definition) is 2. The van der Waals surface area contributed by atoms with Gasteiger partial charge in [-0.25, -0.2) is 4.79 Å². The maximum absolute atomic E-state index is 11.9. The Morgan fingerprint density at radius 3 is 2.61 bits per heavy atom. The van der Waals surface area contributed by atoms with Crippen LogP contribution in [0.5, 0.6) is 0 Å². The standard InChI is InChI=1S/C12H16N2O4/c1-8-5-6-9(12(17)18)11(16)14(8)7-3-4-10(15)13-2/h5-6H,3-4,7H2,1-2H3,(H,13,15)(H,17,18). The number of aromatic carboxylic acids is 1. The molecule has 0 spiro atoms. The van der Waals surface area contributed by atoms with Crippen LogP contribution in [-0.4, -0.2) is 28.6 Å². The molecule has 6 nitrogen and oxygen atoms in total. The Bertz CT molecular complexity index is 519. The predicted molar refractivity (Wildman–Crippen MR) is 65.7 cm³/mol. The molecule has 98 valence electrons. The van der Waals surface area contributed by atoms with Gasteiger partial charge in [-0.1, -0.05) is 0 Å². The number of carboxylic acid groups (broad SMARTS) is 1. The van der Waals surface area contributed by atoms with Crippen LogP contribution >= 0.6 is 0 Å². The zero-order valence-corrected chi connectivity index (χ0v) is 10.4. The number of rotatable bonds is 5. The van der Waals surface area contributed by atoms with E-state index in [1.165, 1.54) is 10.6 Å². The molecular weight excluding hydrogens is 236 g/mol. The molecule has 18 heavy (non-hydrogen) atoms. The van der Waals surface area contributed by atoms with E-state index in [0.29, 0.717) is 25.1 Å². The van der Waals surface area contributed by atoms with E-state index in [1.807, 2.05) is 0 Å². The molecule has 0 radical (unpaired) electrons. The summed E-state index contributed by atoms with van der Waals surface area (Å²) in [6.45, 7) is 2.06. The summed E-state index contributed by atoms with van der Waals surface area (Å²) in [5.74, 6) is -1.34. The number of nitrogens with one attached hydrogen (secondary N) is 1. The van der Waals surface area contributed by atoms with Crippen molar-refractivity contribution < 1.29 is 14.7 Å². The normalized spacial score (nSPS) is 10.1. The van der Waals surface area contributed by atoms with E-state index >= 15 is 0 Å². The second-order valence-corrected chi connectivity index (χ2v) is 3.93. The molecule has 0 aliphatic heterocycles. The van der Waals surface area contributed by atoms with Gasteiger partial charge in [0, 0.05) is 25.7 Å². The highest BCUT2D eigenvalue weighted by molar-refractivity contribution is 5.87. The van der Waals surface area contributed by atoms with Crippen molar-refractivity contribution in [2.24, 2.45) is 0 Å². The molecule has 6 heteroatoms. The highest BCUT2D eigenvalue weighted by Crippen LogP contribution is 2.01. The molecule has 2 N–H and O–H groups in total. The van der Waals surface area contributed by atoms with Crippen LogP contribution in [0.3, 0.4) is 0 Å². The third-order valence-electron chi connectivity index (χ3n) is 2.69. The number of aromatic nitrogens is 1. The molecule has 1 heterocycles. The lowest BCUT2D eigenvalue weighted by Crippen LogP contribution is -2.28. The zero-order chi connectivity index (χ0) is 13.7. The van der Waals surface area contributed by atoms with Crippen molar-refractivity contribution in [3.8, 4) is 0 Å². The van der Waals surface area contributed by atoms with Crippen LogP contribution in [0.1, 0.15) is 28.9 Å². The molecule has 0 aromatic carbocycles. The van der Waals surface area contributed by atoms with Crippen LogP contribution in [0.25, 0.3) is 0 Å². The Labute approximate surface area is 104 Å². The molecule has 0 aliphatic rings. The van der Waals surface area contributed by atoms with Crippen LogP contribution in [0.2, 0.25) is 0 Å². The van der Waals surface area contributed by atoms with Gasteiger partial charge in [0.25, 0.3) is 5.56 Å². The molecule has 0 aliphatic carbocycles. The fourth-order valence-corrected chi connectivity index (χ4v) is 1.63. The van der Waals surface area contributed by atoms with Crippen LogP contribution in [-0.2, 0) is 11.3 Å². The minimum atomic E-state index is -1.24. The third kappa shape index (κ3) is 3.19. The minimum Gasteiger partial charge on any atom is -0.477 e. The van der Waals surface area contributed by atoms with E-state index in [-0.39, 0.29) is 11.5 Å². The lowest BCUT2D eigenvalue weighted by atomic mass is 10.2. The maximum atomic E-state index is 11.9. The topological polar surface area (TPSA) is 88.4 Å². The number of pyridine rings is 1. The molecule has 1 aromatic rings. The predicted octanol–water partition coefficient (Wildman–Crippen LogP) is 0.381. The molecule has 0 fully saturated rings. The van der Waals surface area contributed by atoms with Gasteiger partial charge < -0.3 is 15.0 Å². The lowest BCUT2D eigenvalue weighted by molar-refractivity contribution is -0.120. The Morgan fingerprint density at radius 1 is 1.39 bits per heavy atom. The average Bonchev–Trinajstić information content (AvgIpc) is 2.32. The molecular formula is C12H16N2O4. The van der Waals surface area contributed by atoms with Crippen LogP contribution in [0.15, 0.2) is 16.9 Å². The summed E-state index contributed by atoms with van der Waals surface area (Å²) in [6.07, 6.45) is 0.795. The molecule has 1 aromatic heterocycles. The van der Waals surface area contributed by atoms with E-state index in [9.17, 15) is 14.4 Å². The maximum Gasteiger partial charge on any atom is 0.341 e. The van der Waals surface area contributed by atoms with E-state index < -0.39 is 11.5 Å². The Morgan fingerprint density at radius 2 is 2.06 bits per heavy atom. The van der Waals surface area contributed by atoms with Gasteiger partial charge in [0.05, 0.1) is 0 Å². The van der Waals surface area contributed by atoms with Crippen molar-refractivity contribution in [1.29, 1.82) is 0 Å². The summed E-state index contributed by atoms with van der Waals surface area (Å²) < 4.78 is 1.38. The van der Waals surface area contributed by atoms with Crippen molar-refractivity contribution in [3.63, 3.8) is 0 Å². The van der Waals surface area contributed by atoms with Crippen molar-refractivity contribution in [2.75, 3.05) is 7.05 Å². The summed E-state index contributed by atoms with van der Waals surface area (Å²) in [5.41, 5.74) is -0.0955. The van der Waals surface area contributed by atoms with Crippen molar-refractivity contribution in [1.82, 2.24) is 9.88 Å². The molecule has 0 saturated heterocycles. The van der Waals surface area contributed by atoms with Gasteiger partial charge >= 0.3 is 5.97 Å². The van der Waals surface area contributed by atoms with E-state index in [0.717, 1.165) is 0 Å². The van der Waals surface area contributed by atoms with E-state index in [4.69, 9.17) is 5.11 Å². The van der Waals surface area contributed by atoms with Crippen molar-refractivity contribution >= 4 is 11.9 Å². The first-order chi connectivity index (χ1) is 8.47. The van der Waals surface area contributed by atoms with Gasteiger partial charge in [-0.05, 0) is 25.5 Å². The highest BCUT2D eigenvalue weighted by atomic mass is 16.4. The molecule has 0 unspecified atom stereocenters. The Balaban J connectivity index is 2.88. The quantitative estimate of drug-likeness (QED) is 0.793. The minimum absolute atomic E-state index is 0.102. The second kappa shape index (κ2) is 6.00. The molecule has 0 bridgehead atoms. The number of aryl methyl sites for hydroxylation is 1. The van der Waals surface area contributed by atoms with Crippen molar-refractivity contribution in [2.45, 2.75) is 26.3 Å². The van der Waals surface area contributed by atoms with Gasteiger partial charge in [0.15, 0.2) is 0 Å². The summed E-state index contributed by atoms with van der Waals surface area (Å²) in [7, 11) is 1.55. The number of amides is 1. The molecule has 1 rings (SSSR count). The number of nitrogens with zero attached hydrogens (tertiary/aromatic N) is 1. The number of hydrogen-bond acceptors (Lipinski definition) is 3. The van der Waals surface area contributed by atoms with Crippen LogP contribution < -0.4 is 10.9 Å². The van der Waals surface area contributed by atoms with Gasteiger partial charge in [-0.15, -0.1) is 0 Å². The number of carbonyl (C=O) groups excluding carboxylic acids is 1. The van der Waals surface area contributed by atoms with Gasteiger partial charge in [0.1, 0.15) is 5.56 Å². The van der Waals surface area contributed by atoms with Crippen LogP contribution in [0, 0.1) is 6.92 Å². The Kier molecular flexibility index (Phi) is 4.65. The smallest absolute Gasteiger partial charge is 0.341 e. The fraction of sp³-hybridized carbons (Fsp3) is 0.417. The first-order valence-electron chi connectivity index (χ1n) is 5.61. The van der Waals surface area contributed by atoms with Crippen LogP contribution in [0.4, 0.5) is 0 Å². The Hall–Kier alpha value is -2.11. The monoisotopic (exact) mass is 252 g/mol. The summed E-state index contributed by atoms with van der Waals surface area (Å²) in [6, 6.07) is 2.89. The largest absolute Gasteiger partial charge is 0.477 e. The molecule has 1 amide bonds. The summed E-state index contributed by atoms with van der Waals surface area (Å²) >= 11 is 0. The first-order valence-corrected chi connectivity index (χ1v) is 5.61. The van der Waals surface area contributed by atoms with Gasteiger partial charge in [0.2, 0.25) is 5.91 Å². The third-order valence-corrected chi connectivity index (χ3v) is 2.69.